The lowest BCUT2D eigenvalue weighted by Gasteiger charge is -2.17. The molecule has 0 aromatic carbocycles. The summed E-state index contributed by atoms with van der Waals surface area (Å²) in [5, 5.41) is 2.91. The van der Waals surface area contributed by atoms with Gasteiger partial charge in [-0.25, -0.2) is 9.13 Å². The van der Waals surface area contributed by atoms with Gasteiger partial charge in [-0.15, -0.1) is 5.92 Å². The monoisotopic (exact) mass is 236 g/mol. The molecule has 0 fully saturated rings. The highest BCUT2D eigenvalue weighted by Crippen LogP contribution is 2.09. The number of imidazole rings is 1. The fraction of sp³-hybridized carbons (Fsp3) is 0.583. The summed E-state index contributed by atoms with van der Waals surface area (Å²) in [5.41, 5.74) is -0.497. The molecule has 1 aromatic heterocycles. The van der Waals surface area contributed by atoms with E-state index in [1.54, 1.807) is 6.92 Å². The van der Waals surface area contributed by atoms with Crippen LogP contribution >= 0.6 is 0 Å². The summed E-state index contributed by atoms with van der Waals surface area (Å²) in [6.07, 6.45) is 3.72. The molecule has 5 nitrogen and oxygen atoms in total. The fourth-order valence-electron chi connectivity index (χ4n) is 1.50. The minimum Gasteiger partial charge on any atom is -0.323 e. The number of ether oxygens (including phenoxy) is 1. The van der Waals surface area contributed by atoms with Crippen LogP contribution in [0.5, 0.6) is 0 Å². The van der Waals surface area contributed by atoms with Crippen LogP contribution in [-0.2, 0) is 25.1 Å². The highest BCUT2D eigenvalue weighted by atomic mass is 16.5. The molecule has 0 aliphatic rings. The predicted molar refractivity (Wildman–Crippen MR) is 63.7 cm³/mol. The Morgan fingerprint density at radius 3 is 2.88 bits per heavy atom. The average molecular weight is 236 g/mol. The number of aryl methyl sites for hydroxylation is 1. The topological polar surface area (TPSA) is 47.5 Å². The largest absolute Gasteiger partial charge is 0.323 e. The van der Waals surface area contributed by atoms with Crippen LogP contribution in [0, 0.1) is 16.7 Å². The minimum atomic E-state index is -0.497. The molecule has 0 unspecified atom stereocenters. The van der Waals surface area contributed by atoms with Gasteiger partial charge in [0.2, 0.25) is 0 Å². The van der Waals surface area contributed by atoms with Crippen molar-refractivity contribution in [2.45, 2.75) is 39.6 Å². The van der Waals surface area contributed by atoms with Crippen molar-refractivity contribution in [3.8, 4) is 11.8 Å². The van der Waals surface area contributed by atoms with Crippen molar-refractivity contribution in [3.63, 3.8) is 0 Å². The van der Waals surface area contributed by atoms with Gasteiger partial charge in [0, 0.05) is 0 Å². The van der Waals surface area contributed by atoms with E-state index >= 15 is 0 Å². The second-order valence-electron chi connectivity index (χ2n) is 4.24. The zero-order valence-corrected chi connectivity index (χ0v) is 10.7. The molecule has 0 saturated carbocycles. The van der Waals surface area contributed by atoms with Crippen LogP contribution in [0.1, 0.15) is 26.6 Å². The lowest BCUT2D eigenvalue weighted by Crippen LogP contribution is -2.33. The molecule has 1 heterocycles. The van der Waals surface area contributed by atoms with E-state index in [9.17, 15) is 4.91 Å². The lowest BCUT2D eigenvalue weighted by molar-refractivity contribution is -0.679. The Labute approximate surface area is 101 Å². The van der Waals surface area contributed by atoms with E-state index < -0.39 is 5.60 Å². The SMILES string of the molecule is CC#CC(C)(C)OCn1cc[n+](C)c1CN=O. The fourth-order valence-corrected chi connectivity index (χ4v) is 1.50. The highest BCUT2D eigenvalue weighted by Gasteiger charge is 2.19. The van der Waals surface area contributed by atoms with Crippen molar-refractivity contribution in [3.05, 3.63) is 23.1 Å². The van der Waals surface area contributed by atoms with E-state index in [1.165, 1.54) is 0 Å². The molecule has 0 N–H and O–H groups in total. The summed E-state index contributed by atoms with van der Waals surface area (Å²) in [4.78, 5) is 10.3. The van der Waals surface area contributed by atoms with Gasteiger partial charge >= 0.3 is 0 Å². The van der Waals surface area contributed by atoms with Gasteiger partial charge in [0.1, 0.15) is 18.0 Å². The number of nitrogens with zero attached hydrogens (tertiary/aromatic N) is 3. The molecule has 0 saturated heterocycles. The third-order valence-corrected chi connectivity index (χ3v) is 2.41. The van der Waals surface area contributed by atoms with E-state index in [0.717, 1.165) is 5.82 Å². The van der Waals surface area contributed by atoms with E-state index in [4.69, 9.17) is 4.74 Å². The Kier molecular flexibility index (Phi) is 4.41. The van der Waals surface area contributed by atoms with Crippen LogP contribution in [0.2, 0.25) is 0 Å². The van der Waals surface area contributed by atoms with Crippen molar-refractivity contribution in [2.24, 2.45) is 12.2 Å². The summed E-state index contributed by atoms with van der Waals surface area (Å²) >= 11 is 0. The van der Waals surface area contributed by atoms with Crippen molar-refractivity contribution < 1.29 is 9.30 Å². The third kappa shape index (κ3) is 3.68. The van der Waals surface area contributed by atoms with Gasteiger partial charge < -0.3 is 4.74 Å². The first-order valence-electron chi connectivity index (χ1n) is 5.41. The molecule has 5 heteroatoms. The Hall–Kier alpha value is -1.67. The van der Waals surface area contributed by atoms with Crippen molar-refractivity contribution in [2.75, 3.05) is 0 Å². The Balaban J connectivity index is 2.74. The predicted octanol–water partition coefficient (Wildman–Crippen LogP) is 1.35. The van der Waals surface area contributed by atoms with E-state index in [0.29, 0.717) is 6.73 Å². The number of rotatable bonds is 5. The standard InChI is InChI=1S/C12H18N3O2/c1-5-6-12(2,3)17-10-15-8-7-14(4)11(15)9-13-16/h7-8H,9-10H2,1-4H3/q+1. The third-order valence-electron chi connectivity index (χ3n) is 2.41. The van der Waals surface area contributed by atoms with Crippen LogP contribution in [0.4, 0.5) is 0 Å². The molecule has 1 aromatic rings. The molecule has 0 aliphatic heterocycles. The van der Waals surface area contributed by atoms with Gasteiger partial charge in [0.05, 0.1) is 7.05 Å². The van der Waals surface area contributed by atoms with Gasteiger partial charge in [0.15, 0.2) is 13.3 Å². The zero-order valence-electron chi connectivity index (χ0n) is 10.7. The summed E-state index contributed by atoms with van der Waals surface area (Å²) < 4.78 is 9.39. The summed E-state index contributed by atoms with van der Waals surface area (Å²) in [6.45, 7) is 6.08. The smallest absolute Gasteiger partial charge is 0.283 e. The van der Waals surface area contributed by atoms with Crippen LogP contribution in [0.15, 0.2) is 17.6 Å². The van der Waals surface area contributed by atoms with Gasteiger partial charge in [-0.3, -0.25) is 0 Å². The van der Waals surface area contributed by atoms with Crippen LogP contribution in [0.25, 0.3) is 0 Å². The Morgan fingerprint density at radius 1 is 1.59 bits per heavy atom. The lowest BCUT2D eigenvalue weighted by atomic mass is 10.1. The van der Waals surface area contributed by atoms with Crippen LogP contribution in [0.3, 0.4) is 0 Å². The van der Waals surface area contributed by atoms with Crippen LogP contribution in [-0.4, -0.2) is 10.2 Å². The maximum absolute atomic E-state index is 10.3. The molecular weight excluding hydrogens is 218 g/mol. The van der Waals surface area contributed by atoms with Gasteiger partial charge in [-0.05, 0) is 20.8 Å². The normalized spacial score (nSPS) is 10.8. The number of nitroso groups, excluding NO2 is 1. The van der Waals surface area contributed by atoms with E-state index in [2.05, 4.69) is 17.0 Å². The second-order valence-corrected chi connectivity index (χ2v) is 4.24. The molecule has 0 amide bonds. The molecule has 1 rings (SSSR count). The van der Waals surface area contributed by atoms with E-state index in [1.807, 2.05) is 42.4 Å². The first-order valence-corrected chi connectivity index (χ1v) is 5.41. The zero-order chi connectivity index (χ0) is 12.9. The first-order chi connectivity index (χ1) is 8.00. The van der Waals surface area contributed by atoms with Gasteiger partial charge in [-0.2, -0.15) is 4.91 Å². The molecule has 17 heavy (non-hydrogen) atoms. The molecular formula is C12H18N3O2+. The molecule has 0 atom stereocenters. The molecule has 0 spiro atoms. The van der Waals surface area contributed by atoms with Crippen molar-refractivity contribution >= 4 is 0 Å². The maximum Gasteiger partial charge on any atom is 0.283 e. The maximum atomic E-state index is 10.3. The average Bonchev–Trinajstić information content (AvgIpc) is 2.59. The quantitative estimate of drug-likeness (QED) is 0.440. The Morgan fingerprint density at radius 2 is 2.29 bits per heavy atom. The molecule has 0 aliphatic carbocycles. The molecule has 92 valence electrons. The molecule has 0 bridgehead atoms. The number of hydrogen-bond acceptors (Lipinski definition) is 3. The summed E-state index contributed by atoms with van der Waals surface area (Å²) in [6, 6.07) is 0. The van der Waals surface area contributed by atoms with Crippen molar-refractivity contribution in [1.29, 1.82) is 0 Å². The number of aromatic nitrogens is 2. The van der Waals surface area contributed by atoms with Crippen LogP contribution < -0.4 is 4.57 Å². The summed E-state index contributed by atoms with van der Waals surface area (Å²) in [7, 11) is 1.87. The first kappa shape index (κ1) is 13.4. The van der Waals surface area contributed by atoms with Crippen molar-refractivity contribution in [1.82, 2.24) is 4.57 Å². The van der Waals surface area contributed by atoms with E-state index in [-0.39, 0.29) is 6.54 Å². The summed E-state index contributed by atoms with van der Waals surface area (Å²) in [5.74, 6) is 6.61. The Bertz CT molecular complexity index is 452. The van der Waals surface area contributed by atoms with Gasteiger partial charge in [-0.1, -0.05) is 11.1 Å². The molecule has 0 radical (unpaired) electrons. The van der Waals surface area contributed by atoms with Gasteiger partial charge in [0.25, 0.3) is 5.82 Å². The minimum absolute atomic E-state index is 0.132. The second kappa shape index (κ2) is 5.60. The number of hydrogen-bond donors (Lipinski definition) is 0. The highest BCUT2D eigenvalue weighted by molar-refractivity contribution is 5.08.